The minimum absolute atomic E-state index is 0.0531. The van der Waals surface area contributed by atoms with Crippen molar-refractivity contribution in [1.82, 2.24) is 0 Å². The SMILES string of the molecule is CCC(=O)OC1C(C)OC(OC2CC(OC3CC(OC4C(=O)c5c(cc6cc(OC7CC(OC(C)=O)C(OC8CC(O)C(OC)C(C)O8)C(C)O7)c(C)c(O)c6c5O)CC4C(OC)C(=O)C(O)C(C)O)OC(C)C3O)OC(C)C2O)CC1(C)O. The Labute approximate surface area is 486 Å². The number of ketones is 2. The van der Waals surface area contributed by atoms with Gasteiger partial charge in [0, 0.05) is 71.1 Å². The normalized spacial score (nSPS) is 39.4. The van der Waals surface area contributed by atoms with Crippen molar-refractivity contribution in [3.8, 4) is 17.2 Å². The quantitative estimate of drug-likeness (QED) is 0.0932. The number of fused-ring (bicyclic) bond motifs is 2. The van der Waals surface area contributed by atoms with E-state index in [9.17, 15) is 55.2 Å². The molecular weight excluding hydrogens is 1110 g/mol. The minimum Gasteiger partial charge on any atom is -0.507 e. The first kappa shape index (κ1) is 65.7. The summed E-state index contributed by atoms with van der Waals surface area (Å²) in [5.74, 6) is -5.26. The lowest BCUT2D eigenvalue weighted by Crippen LogP contribution is -2.59. The van der Waals surface area contributed by atoms with Gasteiger partial charge in [-0.2, -0.15) is 0 Å². The molecule has 0 radical (unpaired) electrons. The molecule has 25 unspecified atom stereocenters. The van der Waals surface area contributed by atoms with Crippen LogP contribution in [0.2, 0.25) is 0 Å². The summed E-state index contributed by atoms with van der Waals surface area (Å²) >= 11 is 0. The standard InChI is InChI=1S/C58H84O26/c1-13-38(62)82-57-28(8)77-43(21-58(57,10)70)81-36-18-40(73-24(4)49(36)66)80-35-19-42(74-25(5)48(35)65)84-56-32(55(72-12)52(69)47(64)23(3)59)15-30-14-31-16-34(22(2)46(63)44(31)50(67)45(30)51(56)68)79-41-20-37(78-29(9)60)54(27(7)76-41)83-39-17-33(61)53(71-11)26(6)75-39/h14,16,23-28,32-33,35-37,39-43,47-49,53-57,59,61,63-67,70H,13,15,17-21H2,1-12H3. The van der Waals surface area contributed by atoms with Crippen LogP contribution in [-0.2, 0) is 82.4 Å². The number of hydrogen-bond acceptors (Lipinski definition) is 26. The fourth-order valence-corrected chi connectivity index (χ4v) is 12.5. The molecule has 0 spiro atoms. The summed E-state index contributed by atoms with van der Waals surface area (Å²) in [6.45, 7) is 15.3. The first-order chi connectivity index (χ1) is 39.5. The smallest absolute Gasteiger partial charge is 0.305 e. The number of carbonyl (C=O) groups is 4. The number of benzene rings is 2. The summed E-state index contributed by atoms with van der Waals surface area (Å²) in [5, 5.41) is 90.1. The van der Waals surface area contributed by atoms with Crippen molar-refractivity contribution < 1.29 is 126 Å². The van der Waals surface area contributed by atoms with Gasteiger partial charge in [0.05, 0.1) is 65.9 Å². The van der Waals surface area contributed by atoms with Gasteiger partial charge in [-0.05, 0) is 84.9 Å². The summed E-state index contributed by atoms with van der Waals surface area (Å²) in [6, 6.07) is 3.03. The first-order valence-corrected chi connectivity index (χ1v) is 28.8. The van der Waals surface area contributed by atoms with Crippen molar-refractivity contribution in [3.63, 3.8) is 0 Å². The predicted octanol–water partition coefficient (Wildman–Crippen LogP) is 1.94. The average Bonchev–Trinajstić information content (AvgIpc) is 0.985. The van der Waals surface area contributed by atoms with E-state index in [1.54, 1.807) is 34.6 Å². The van der Waals surface area contributed by atoms with Gasteiger partial charge in [0.15, 0.2) is 42.8 Å². The molecule has 84 heavy (non-hydrogen) atoms. The Balaban J connectivity index is 1.02. The molecule has 8 N–H and O–H groups in total. The third kappa shape index (κ3) is 14.0. The molecule has 6 aliphatic rings. The van der Waals surface area contributed by atoms with Crippen LogP contribution >= 0.6 is 0 Å². The summed E-state index contributed by atoms with van der Waals surface area (Å²) in [5.41, 5.74) is -1.52. The van der Waals surface area contributed by atoms with Crippen LogP contribution in [0.25, 0.3) is 10.8 Å². The topological polar surface area (TPSA) is 359 Å². The van der Waals surface area contributed by atoms with E-state index in [0.717, 1.165) is 0 Å². The second-order valence-corrected chi connectivity index (χ2v) is 23.3. The molecule has 0 saturated carbocycles. The van der Waals surface area contributed by atoms with Crippen LogP contribution in [0.15, 0.2) is 12.1 Å². The summed E-state index contributed by atoms with van der Waals surface area (Å²) in [4.78, 5) is 53.7. The molecule has 8 rings (SSSR count). The number of aromatic hydroxyl groups is 2. The first-order valence-electron chi connectivity index (χ1n) is 28.8. The molecule has 1 aliphatic carbocycles. The van der Waals surface area contributed by atoms with E-state index < -0.39 is 188 Å². The Morgan fingerprint density at radius 1 is 0.726 bits per heavy atom. The van der Waals surface area contributed by atoms with E-state index in [2.05, 4.69) is 0 Å². The highest BCUT2D eigenvalue weighted by molar-refractivity contribution is 6.11. The zero-order valence-corrected chi connectivity index (χ0v) is 49.4. The van der Waals surface area contributed by atoms with Crippen LogP contribution in [0.5, 0.6) is 17.2 Å². The Kier molecular flexibility index (Phi) is 21.1. The number of aliphatic hydroxyl groups is 6. The molecule has 5 aliphatic heterocycles. The van der Waals surface area contributed by atoms with Crippen LogP contribution < -0.4 is 4.74 Å². The number of phenols is 2. The molecule has 2 aromatic carbocycles. The Bertz CT molecular complexity index is 2640. The Morgan fingerprint density at radius 2 is 1.29 bits per heavy atom. The van der Waals surface area contributed by atoms with Crippen LogP contribution in [-0.4, -0.2) is 225 Å². The summed E-state index contributed by atoms with van der Waals surface area (Å²) in [7, 11) is 2.65. The van der Waals surface area contributed by atoms with E-state index in [4.69, 9.17) is 66.3 Å². The van der Waals surface area contributed by atoms with E-state index in [0.29, 0.717) is 0 Å². The highest BCUT2D eigenvalue weighted by Gasteiger charge is 2.53. The lowest BCUT2D eigenvalue weighted by atomic mass is 9.75. The van der Waals surface area contributed by atoms with Gasteiger partial charge in [-0.15, -0.1) is 0 Å². The second-order valence-electron chi connectivity index (χ2n) is 23.3. The number of ether oxygens (including phenoxy) is 14. The van der Waals surface area contributed by atoms with Crippen LogP contribution in [0, 0.1) is 12.8 Å². The molecule has 2 aromatic rings. The lowest BCUT2D eigenvalue weighted by molar-refractivity contribution is -0.334. The molecule has 472 valence electrons. The Hall–Kier alpha value is -4.30. The zero-order valence-electron chi connectivity index (χ0n) is 49.4. The van der Waals surface area contributed by atoms with Gasteiger partial charge in [0.1, 0.15) is 71.7 Å². The number of phenolic OH excluding ortho intramolecular Hbond substituents is 2. The van der Waals surface area contributed by atoms with Crippen molar-refractivity contribution in [3.05, 3.63) is 28.8 Å². The van der Waals surface area contributed by atoms with Gasteiger partial charge in [-0.1, -0.05) is 6.92 Å². The van der Waals surface area contributed by atoms with E-state index in [-0.39, 0.29) is 78.2 Å². The number of hydrogen-bond donors (Lipinski definition) is 8. The van der Waals surface area contributed by atoms with Crippen molar-refractivity contribution in [1.29, 1.82) is 0 Å². The average molecular weight is 1200 g/mol. The minimum atomic E-state index is -1.96. The van der Waals surface area contributed by atoms with Gasteiger partial charge >= 0.3 is 11.9 Å². The van der Waals surface area contributed by atoms with Gasteiger partial charge < -0.3 is 107 Å². The molecule has 0 aromatic heterocycles. The molecule has 5 saturated heterocycles. The maximum absolute atomic E-state index is 15.1. The van der Waals surface area contributed by atoms with E-state index in [1.165, 1.54) is 61.0 Å². The zero-order chi connectivity index (χ0) is 61.5. The number of esters is 2. The predicted molar refractivity (Wildman–Crippen MR) is 287 cm³/mol. The van der Waals surface area contributed by atoms with E-state index >= 15 is 4.79 Å². The maximum atomic E-state index is 15.1. The molecule has 25 atom stereocenters. The molecule has 0 bridgehead atoms. The third-order valence-corrected chi connectivity index (χ3v) is 16.9. The lowest BCUT2D eigenvalue weighted by Gasteiger charge is -2.46. The molecule has 5 heterocycles. The second kappa shape index (κ2) is 27.0. The maximum Gasteiger partial charge on any atom is 0.305 e. The van der Waals surface area contributed by atoms with Crippen molar-refractivity contribution >= 4 is 34.3 Å². The highest BCUT2D eigenvalue weighted by atomic mass is 16.7. The fourth-order valence-electron chi connectivity index (χ4n) is 12.5. The Morgan fingerprint density at radius 3 is 1.86 bits per heavy atom. The van der Waals surface area contributed by atoms with Gasteiger partial charge in [-0.25, -0.2) is 0 Å². The van der Waals surface area contributed by atoms with E-state index in [1.807, 2.05) is 0 Å². The highest BCUT2D eigenvalue weighted by Crippen LogP contribution is 2.48. The van der Waals surface area contributed by atoms with Gasteiger partial charge in [-0.3, -0.25) is 19.2 Å². The molecule has 5 fully saturated rings. The van der Waals surface area contributed by atoms with Crippen molar-refractivity contribution in [2.24, 2.45) is 5.92 Å². The number of carbonyl (C=O) groups excluding carboxylic acids is 4. The largest absolute Gasteiger partial charge is 0.507 e. The van der Waals surface area contributed by atoms with Gasteiger partial charge in [0.25, 0.3) is 0 Å². The number of methoxy groups -OCH3 is 2. The number of rotatable bonds is 19. The van der Waals surface area contributed by atoms with Crippen LogP contribution in [0.3, 0.4) is 0 Å². The van der Waals surface area contributed by atoms with Crippen molar-refractivity contribution in [2.45, 2.75) is 261 Å². The summed E-state index contributed by atoms with van der Waals surface area (Å²) in [6.07, 6.45) is -25.7. The fraction of sp³-hybridized carbons (Fsp3) is 0.759. The molecule has 26 nitrogen and oxygen atoms in total. The third-order valence-electron chi connectivity index (χ3n) is 16.9. The van der Waals surface area contributed by atoms with Crippen LogP contribution in [0.4, 0.5) is 0 Å². The molecule has 26 heteroatoms. The van der Waals surface area contributed by atoms with Crippen molar-refractivity contribution in [2.75, 3.05) is 14.2 Å². The summed E-state index contributed by atoms with van der Waals surface area (Å²) < 4.78 is 84.4. The molecular formula is C58H84O26. The van der Waals surface area contributed by atoms with Gasteiger partial charge in [0.2, 0.25) is 6.29 Å². The number of aliphatic hydroxyl groups excluding tert-OH is 5. The monoisotopic (exact) mass is 1200 g/mol. The molecule has 0 amide bonds. The van der Waals surface area contributed by atoms with Crippen LogP contribution in [0.1, 0.15) is 122 Å². The number of Topliss-reactive ketones (excluding diaryl/α,β-unsaturated/α-hetero) is 2.